The molecule has 8 heteroatoms. The number of nitrogens with zero attached hydrogens (tertiary/aromatic N) is 2. The van der Waals surface area contributed by atoms with Crippen molar-refractivity contribution in [3.05, 3.63) is 89.1 Å². The number of carbonyl (C=O) groups excluding carboxylic acids is 3. The van der Waals surface area contributed by atoms with E-state index in [0.717, 1.165) is 27.9 Å². The summed E-state index contributed by atoms with van der Waals surface area (Å²) < 4.78 is 0. The van der Waals surface area contributed by atoms with Crippen LogP contribution in [0.25, 0.3) is 11.3 Å². The van der Waals surface area contributed by atoms with E-state index in [4.69, 9.17) is 0 Å². The number of nitrogens with one attached hydrogen (secondary N) is 2. The molecule has 36 heavy (non-hydrogen) atoms. The number of piperidine rings is 1. The van der Waals surface area contributed by atoms with Crippen molar-refractivity contribution in [2.24, 2.45) is 0 Å². The fraction of sp³-hybridized carbons (Fsp3) is 0.286. The van der Waals surface area contributed by atoms with Gasteiger partial charge in [0.05, 0.1) is 5.69 Å². The standard InChI is InChI=1S/C28H28N4O4/c33-13-11-23(19-4-2-1-3-5-19)30-16-18-10-12-29-24(14-18)20-6-7-22-21(15-20)17-32(28(22)36)25-8-9-26(34)31-27(25)35/h1-7,10,12,14-15,23,25,30,33H,8-9,11,13,16-17H2,(H,31,34,35). The minimum atomic E-state index is -0.630. The quantitative estimate of drug-likeness (QED) is 0.424. The summed E-state index contributed by atoms with van der Waals surface area (Å²) in [6.07, 6.45) is 2.96. The maximum absolute atomic E-state index is 13.0. The Kier molecular flexibility index (Phi) is 6.88. The molecule has 2 aliphatic rings. The van der Waals surface area contributed by atoms with Crippen LogP contribution in [-0.4, -0.2) is 45.4 Å². The van der Waals surface area contributed by atoms with Crippen molar-refractivity contribution in [2.75, 3.05) is 6.61 Å². The second kappa shape index (κ2) is 10.4. The molecule has 3 heterocycles. The van der Waals surface area contributed by atoms with Crippen molar-refractivity contribution in [3.8, 4) is 11.3 Å². The van der Waals surface area contributed by atoms with Gasteiger partial charge < -0.3 is 15.3 Å². The van der Waals surface area contributed by atoms with Crippen LogP contribution in [0.2, 0.25) is 0 Å². The summed E-state index contributed by atoms with van der Waals surface area (Å²) >= 11 is 0. The first-order valence-corrected chi connectivity index (χ1v) is 12.2. The third-order valence-corrected chi connectivity index (χ3v) is 6.82. The topological polar surface area (TPSA) is 112 Å². The lowest BCUT2D eigenvalue weighted by atomic mass is 10.0. The summed E-state index contributed by atoms with van der Waals surface area (Å²) in [7, 11) is 0. The Hall–Kier alpha value is -3.88. The average molecular weight is 485 g/mol. The molecule has 8 nitrogen and oxygen atoms in total. The molecule has 184 valence electrons. The normalized spacial score (nSPS) is 18.2. The largest absolute Gasteiger partial charge is 0.396 e. The highest BCUT2D eigenvalue weighted by Crippen LogP contribution is 2.31. The summed E-state index contributed by atoms with van der Waals surface area (Å²) in [6, 6.07) is 19.1. The number of imide groups is 1. The lowest BCUT2D eigenvalue weighted by Gasteiger charge is -2.29. The number of carbonyl (C=O) groups is 3. The molecule has 5 rings (SSSR count). The summed E-state index contributed by atoms with van der Waals surface area (Å²) in [5.41, 5.74) is 5.30. The zero-order valence-electron chi connectivity index (χ0n) is 19.8. The van der Waals surface area contributed by atoms with Crippen LogP contribution in [0.3, 0.4) is 0 Å². The van der Waals surface area contributed by atoms with Crippen LogP contribution < -0.4 is 10.6 Å². The van der Waals surface area contributed by atoms with Gasteiger partial charge in [-0.05, 0) is 53.8 Å². The van der Waals surface area contributed by atoms with Gasteiger partial charge in [0.1, 0.15) is 6.04 Å². The van der Waals surface area contributed by atoms with Crippen LogP contribution in [0.5, 0.6) is 0 Å². The maximum atomic E-state index is 13.0. The van der Waals surface area contributed by atoms with Crippen LogP contribution >= 0.6 is 0 Å². The SMILES string of the molecule is O=C1CCC(N2Cc3cc(-c4cc(CNC(CCO)c5ccccc5)ccn4)ccc3C2=O)C(=O)N1. The van der Waals surface area contributed by atoms with Crippen LogP contribution in [0.15, 0.2) is 66.9 Å². The first kappa shape index (κ1) is 23.8. The van der Waals surface area contributed by atoms with E-state index in [-0.39, 0.29) is 30.9 Å². The molecule has 3 N–H and O–H groups in total. The van der Waals surface area contributed by atoms with Gasteiger partial charge in [-0.3, -0.25) is 24.7 Å². The molecule has 0 aliphatic carbocycles. The number of aliphatic hydroxyl groups is 1. The number of aromatic nitrogens is 1. The van der Waals surface area contributed by atoms with E-state index in [1.807, 2.05) is 42.5 Å². The molecule has 1 fully saturated rings. The van der Waals surface area contributed by atoms with Gasteiger partial charge >= 0.3 is 0 Å². The Morgan fingerprint density at radius 2 is 1.92 bits per heavy atom. The van der Waals surface area contributed by atoms with Gasteiger partial charge in [-0.1, -0.05) is 36.4 Å². The van der Waals surface area contributed by atoms with E-state index < -0.39 is 11.9 Å². The van der Waals surface area contributed by atoms with Gasteiger partial charge in [0.15, 0.2) is 0 Å². The smallest absolute Gasteiger partial charge is 0.255 e. The molecule has 0 spiro atoms. The van der Waals surface area contributed by atoms with Gasteiger partial charge in [0, 0.05) is 49.5 Å². The summed E-state index contributed by atoms with van der Waals surface area (Å²) in [5, 5.41) is 15.4. The van der Waals surface area contributed by atoms with Gasteiger partial charge in [-0.25, -0.2) is 0 Å². The van der Waals surface area contributed by atoms with E-state index in [2.05, 4.69) is 27.8 Å². The molecule has 2 aliphatic heterocycles. The Morgan fingerprint density at radius 1 is 1.08 bits per heavy atom. The zero-order valence-corrected chi connectivity index (χ0v) is 19.8. The van der Waals surface area contributed by atoms with Gasteiger partial charge in [-0.2, -0.15) is 0 Å². The van der Waals surface area contributed by atoms with Crippen molar-refractivity contribution in [1.82, 2.24) is 20.5 Å². The highest BCUT2D eigenvalue weighted by atomic mass is 16.3. The summed E-state index contributed by atoms with van der Waals surface area (Å²) in [6.45, 7) is 1.04. The summed E-state index contributed by atoms with van der Waals surface area (Å²) in [5.74, 6) is -0.896. The van der Waals surface area contributed by atoms with Crippen molar-refractivity contribution < 1.29 is 19.5 Å². The fourth-order valence-corrected chi connectivity index (χ4v) is 4.92. The second-order valence-corrected chi connectivity index (χ2v) is 9.18. The second-order valence-electron chi connectivity index (χ2n) is 9.18. The molecule has 2 aromatic carbocycles. The minimum absolute atomic E-state index is 0.0390. The van der Waals surface area contributed by atoms with Crippen molar-refractivity contribution in [1.29, 1.82) is 0 Å². The molecule has 1 aromatic heterocycles. The summed E-state index contributed by atoms with van der Waals surface area (Å²) in [4.78, 5) is 42.8. The fourth-order valence-electron chi connectivity index (χ4n) is 4.92. The molecule has 2 unspecified atom stereocenters. The number of aliphatic hydroxyl groups excluding tert-OH is 1. The zero-order chi connectivity index (χ0) is 25.1. The molecular formula is C28H28N4O4. The Labute approximate surface area is 209 Å². The van der Waals surface area contributed by atoms with Crippen LogP contribution in [0.1, 0.15) is 52.4 Å². The number of pyridine rings is 1. The molecule has 0 bridgehead atoms. The highest BCUT2D eigenvalue weighted by Gasteiger charge is 2.39. The van der Waals surface area contributed by atoms with E-state index in [0.29, 0.717) is 31.5 Å². The molecule has 2 atom stereocenters. The Balaban J connectivity index is 1.31. The van der Waals surface area contributed by atoms with Gasteiger partial charge in [0.25, 0.3) is 5.91 Å². The molecular weight excluding hydrogens is 456 g/mol. The average Bonchev–Trinajstić information content (AvgIpc) is 3.22. The van der Waals surface area contributed by atoms with Gasteiger partial charge in [0.2, 0.25) is 11.8 Å². The third-order valence-electron chi connectivity index (χ3n) is 6.82. The van der Waals surface area contributed by atoms with Crippen molar-refractivity contribution in [2.45, 2.75) is 44.4 Å². The Morgan fingerprint density at radius 3 is 2.69 bits per heavy atom. The lowest BCUT2D eigenvalue weighted by molar-refractivity contribution is -0.136. The predicted molar refractivity (Wildman–Crippen MR) is 133 cm³/mol. The van der Waals surface area contributed by atoms with Gasteiger partial charge in [-0.15, -0.1) is 0 Å². The molecule has 1 saturated heterocycles. The van der Waals surface area contributed by atoms with E-state index in [9.17, 15) is 19.5 Å². The van der Waals surface area contributed by atoms with Crippen LogP contribution in [0.4, 0.5) is 0 Å². The minimum Gasteiger partial charge on any atom is -0.396 e. The lowest BCUT2D eigenvalue weighted by Crippen LogP contribution is -2.52. The molecule has 0 radical (unpaired) electrons. The van der Waals surface area contributed by atoms with Crippen LogP contribution in [-0.2, 0) is 22.7 Å². The Bertz CT molecular complexity index is 1290. The number of hydrogen-bond acceptors (Lipinski definition) is 6. The molecule has 3 amide bonds. The first-order valence-electron chi connectivity index (χ1n) is 12.2. The van der Waals surface area contributed by atoms with Crippen molar-refractivity contribution >= 4 is 17.7 Å². The van der Waals surface area contributed by atoms with Crippen LogP contribution in [0, 0.1) is 0 Å². The molecule has 0 saturated carbocycles. The molecule has 3 aromatic rings. The number of benzene rings is 2. The predicted octanol–water partition coefficient (Wildman–Crippen LogP) is 2.72. The van der Waals surface area contributed by atoms with E-state index in [1.165, 1.54) is 0 Å². The van der Waals surface area contributed by atoms with E-state index >= 15 is 0 Å². The number of amides is 3. The van der Waals surface area contributed by atoms with E-state index in [1.54, 1.807) is 17.2 Å². The third kappa shape index (κ3) is 4.91. The first-order chi connectivity index (χ1) is 17.5. The monoisotopic (exact) mass is 484 g/mol. The number of hydrogen-bond donors (Lipinski definition) is 3. The number of rotatable bonds is 8. The van der Waals surface area contributed by atoms with Crippen molar-refractivity contribution in [3.63, 3.8) is 0 Å². The highest BCUT2D eigenvalue weighted by molar-refractivity contribution is 6.05. The maximum Gasteiger partial charge on any atom is 0.255 e. The number of fused-ring (bicyclic) bond motifs is 1.